The van der Waals surface area contributed by atoms with Crippen molar-refractivity contribution in [3.8, 4) is 5.88 Å². The summed E-state index contributed by atoms with van der Waals surface area (Å²) in [5.74, 6) is 0.768. The number of anilines is 1. The van der Waals surface area contributed by atoms with Crippen molar-refractivity contribution in [1.82, 2.24) is 24.1 Å². The number of rotatable bonds is 7. The van der Waals surface area contributed by atoms with Gasteiger partial charge in [-0.2, -0.15) is 0 Å². The molecule has 9 nitrogen and oxygen atoms in total. The molecule has 0 saturated carbocycles. The van der Waals surface area contributed by atoms with Gasteiger partial charge in [-0.3, -0.25) is 18.6 Å². The predicted molar refractivity (Wildman–Crippen MR) is 115 cm³/mol. The first-order valence-corrected chi connectivity index (χ1v) is 10.0. The van der Waals surface area contributed by atoms with Gasteiger partial charge in [0.25, 0.3) is 5.56 Å². The molecule has 0 unspecified atom stereocenters. The number of nitrogens with one attached hydrogen (secondary N) is 1. The van der Waals surface area contributed by atoms with Crippen molar-refractivity contribution >= 4 is 40.0 Å². The third-order valence-electron chi connectivity index (χ3n) is 4.35. The second-order valence-electron chi connectivity index (χ2n) is 6.27. The second-order valence-corrected chi connectivity index (χ2v) is 7.21. The van der Waals surface area contributed by atoms with Gasteiger partial charge in [-0.1, -0.05) is 30.0 Å². The number of ether oxygens (including phenoxy) is 1. The molecule has 3 aromatic heterocycles. The number of carbonyl (C=O) groups excluding carboxylic acids is 1. The maximum atomic E-state index is 12.8. The third kappa shape index (κ3) is 3.64. The first-order valence-electron chi connectivity index (χ1n) is 9.02. The molecular formula is C20H18N6O3S. The average molecular weight is 422 g/mol. The summed E-state index contributed by atoms with van der Waals surface area (Å²) in [5.41, 5.74) is 1.09. The second kappa shape index (κ2) is 8.37. The Morgan fingerprint density at radius 2 is 2.10 bits per heavy atom. The van der Waals surface area contributed by atoms with Crippen LogP contribution in [0.2, 0.25) is 0 Å². The van der Waals surface area contributed by atoms with Crippen LogP contribution in [0, 0.1) is 0 Å². The minimum Gasteiger partial charge on any atom is -0.481 e. The fourth-order valence-electron chi connectivity index (χ4n) is 3.02. The maximum absolute atomic E-state index is 12.8. The molecule has 1 amide bonds. The SMILES string of the molecule is C=CCn1c(=O)c2ccccc2n2c(SCC(=O)Nc3ccc(OC)nc3)nnc12. The zero-order valence-corrected chi connectivity index (χ0v) is 16.9. The average Bonchev–Trinajstić information content (AvgIpc) is 3.20. The summed E-state index contributed by atoms with van der Waals surface area (Å²) in [6.07, 6.45) is 3.16. The molecule has 0 fully saturated rings. The van der Waals surface area contributed by atoms with Crippen LogP contribution in [-0.4, -0.2) is 42.9 Å². The largest absolute Gasteiger partial charge is 0.481 e. The van der Waals surface area contributed by atoms with Crippen molar-refractivity contribution in [2.24, 2.45) is 0 Å². The number of nitrogens with zero attached hydrogens (tertiary/aromatic N) is 5. The maximum Gasteiger partial charge on any atom is 0.263 e. The highest BCUT2D eigenvalue weighted by Gasteiger charge is 2.17. The van der Waals surface area contributed by atoms with Gasteiger partial charge in [-0.25, -0.2) is 4.98 Å². The normalized spacial score (nSPS) is 11.0. The molecule has 0 atom stereocenters. The number of methoxy groups -OCH3 is 1. The molecule has 0 saturated heterocycles. The fraction of sp³-hybridized carbons (Fsp3) is 0.150. The van der Waals surface area contributed by atoms with Crippen LogP contribution in [-0.2, 0) is 11.3 Å². The highest BCUT2D eigenvalue weighted by Crippen LogP contribution is 2.22. The van der Waals surface area contributed by atoms with E-state index >= 15 is 0 Å². The molecule has 4 aromatic rings. The molecule has 10 heteroatoms. The molecule has 1 aromatic carbocycles. The lowest BCUT2D eigenvalue weighted by Crippen LogP contribution is -2.22. The van der Waals surface area contributed by atoms with Crippen LogP contribution in [0.4, 0.5) is 5.69 Å². The number of fused-ring (bicyclic) bond motifs is 3. The van der Waals surface area contributed by atoms with Crippen LogP contribution in [0.1, 0.15) is 0 Å². The Kier molecular flexibility index (Phi) is 5.48. The van der Waals surface area contributed by atoms with Gasteiger partial charge in [0.1, 0.15) is 0 Å². The van der Waals surface area contributed by atoms with Crippen molar-refractivity contribution in [2.45, 2.75) is 11.7 Å². The van der Waals surface area contributed by atoms with Crippen LogP contribution in [0.5, 0.6) is 5.88 Å². The molecule has 30 heavy (non-hydrogen) atoms. The Hall–Kier alpha value is -3.66. The van der Waals surface area contributed by atoms with Gasteiger partial charge < -0.3 is 10.1 Å². The third-order valence-corrected chi connectivity index (χ3v) is 5.28. The summed E-state index contributed by atoms with van der Waals surface area (Å²) in [7, 11) is 1.53. The van der Waals surface area contributed by atoms with Gasteiger partial charge >= 0.3 is 0 Å². The summed E-state index contributed by atoms with van der Waals surface area (Å²) in [5, 5.41) is 12.2. The first-order chi connectivity index (χ1) is 14.6. The van der Waals surface area contributed by atoms with E-state index in [0.717, 1.165) is 0 Å². The Bertz CT molecular complexity index is 1300. The zero-order valence-electron chi connectivity index (χ0n) is 16.1. The molecule has 152 valence electrons. The van der Waals surface area contributed by atoms with Crippen LogP contribution < -0.4 is 15.6 Å². The summed E-state index contributed by atoms with van der Waals surface area (Å²) in [6, 6.07) is 10.6. The number of para-hydroxylation sites is 1. The Balaban J connectivity index is 1.62. The Morgan fingerprint density at radius 3 is 2.83 bits per heavy atom. The Labute approximate surface area is 175 Å². The van der Waals surface area contributed by atoms with Crippen molar-refractivity contribution < 1.29 is 9.53 Å². The smallest absolute Gasteiger partial charge is 0.263 e. The quantitative estimate of drug-likeness (QED) is 0.360. The van der Waals surface area contributed by atoms with Crippen LogP contribution in [0.3, 0.4) is 0 Å². The monoisotopic (exact) mass is 422 g/mol. The van der Waals surface area contributed by atoms with Crippen molar-refractivity contribution in [2.75, 3.05) is 18.2 Å². The van der Waals surface area contributed by atoms with Gasteiger partial charge in [0, 0.05) is 12.6 Å². The standard InChI is InChI=1S/C20H18N6O3S/c1-3-10-25-18(28)14-6-4-5-7-15(14)26-19(25)23-24-20(26)30-12-16(27)22-13-8-9-17(29-2)21-11-13/h3-9,11H,1,10,12H2,2H3,(H,22,27). The molecule has 1 N–H and O–H groups in total. The van der Waals surface area contributed by atoms with Crippen molar-refractivity contribution in [1.29, 1.82) is 0 Å². The van der Waals surface area contributed by atoms with E-state index in [1.807, 2.05) is 12.1 Å². The summed E-state index contributed by atoms with van der Waals surface area (Å²) in [6.45, 7) is 4.02. The summed E-state index contributed by atoms with van der Waals surface area (Å²) in [4.78, 5) is 29.2. The number of thioether (sulfide) groups is 1. The van der Waals surface area contributed by atoms with Crippen molar-refractivity contribution in [3.63, 3.8) is 0 Å². The van der Waals surface area contributed by atoms with E-state index in [1.165, 1.54) is 29.6 Å². The number of hydrogen-bond donors (Lipinski definition) is 1. The van der Waals surface area contributed by atoms with E-state index in [1.54, 1.807) is 34.7 Å². The highest BCUT2D eigenvalue weighted by molar-refractivity contribution is 7.99. The topological polar surface area (TPSA) is 103 Å². The molecule has 4 rings (SSSR count). The summed E-state index contributed by atoms with van der Waals surface area (Å²) < 4.78 is 8.30. The van der Waals surface area contributed by atoms with Gasteiger partial charge in [-0.05, 0) is 18.2 Å². The molecule has 3 heterocycles. The molecule has 0 radical (unpaired) electrons. The van der Waals surface area contributed by atoms with Crippen LogP contribution >= 0.6 is 11.8 Å². The van der Waals surface area contributed by atoms with Gasteiger partial charge in [0.2, 0.25) is 17.6 Å². The molecule has 0 spiro atoms. The highest BCUT2D eigenvalue weighted by atomic mass is 32.2. The van der Waals surface area contributed by atoms with Gasteiger partial charge in [0.05, 0.1) is 35.6 Å². The number of hydrogen-bond acceptors (Lipinski definition) is 7. The van der Waals surface area contributed by atoms with Crippen LogP contribution in [0.15, 0.2) is 65.2 Å². The lowest BCUT2D eigenvalue weighted by Gasteiger charge is -2.09. The minimum atomic E-state index is -0.215. The molecule has 0 bridgehead atoms. The lowest BCUT2D eigenvalue weighted by atomic mass is 10.2. The molecule has 0 aliphatic heterocycles. The van der Waals surface area contributed by atoms with E-state index in [2.05, 4.69) is 27.1 Å². The van der Waals surface area contributed by atoms with E-state index in [0.29, 0.717) is 39.9 Å². The number of amides is 1. The van der Waals surface area contributed by atoms with E-state index in [9.17, 15) is 9.59 Å². The van der Waals surface area contributed by atoms with E-state index in [4.69, 9.17) is 4.74 Å². The van der Waals surface area contributed by atoms with E-state index < -0.39 is 0 Å². The first kappa shape index (κ1) is 19.6. The van der Waals surface area contributed by atoms with Gasteiger partial charge in [0.15, 0.2) is 5.16 Å². The van der Waals surface area contributed by atoms with Gasteiger partial charge in [-0.15, -0.1) is 16.8 Å². The number of benzene rings is 1. The zero-order chi connectivity index (χ0) is 21.1. The van der Waals surface area contributed by atoms with E-state index in [-0.39, 0.29) is 17.2 Å². The Morgan fingerprint density at radius 1 is 1.27 bits per heavy atom. The van der Waals surface area contributed by atoms with Crippen molar-refractivity contribution in [3.05, 3.63) is 65.6 Å². The number of carbonyl (C=O) groups is 1. The summed E-state index contributed by atoms with van der Waals surface area (Å²) >= 11 is 1.23. The predicted octanol–water partition coefficient (Wildman–Crippen LogP) is 2.36. The number of aromatic nitrogens is 5. The molecule has 0 aliphatic rings. The number of allylic oxidation sites excluding steroid dienone is 1. The minimum absolute atomic E-state index is 0.113. The van der Waals surface area contributed by atoms with Crippen LogP contribution in [0.25, 0.3) is 16.7 Å². The molecular weight excluding hydrogens is 404 g/mol. The number of pyridine rings is 1. The fourth-order valence-corrected chi connectivity index (χ4v) is 3.76. The lowest BCUT2D eigenvalue weighted by molar-refractivity contribution is -0.113. The molecule has 0 aliphatic carbocycles.